The number of halogens is 2. The molecular formula is C22H20F2N9O9P2S+. The molecule has 2 bridgehead atoms. The Balaban J connectivity index is 1.20. The first kappa shape index (κ1) is 29.9. The number of ether oxygens (including phenoxy) is 2. The summed E-state index contributed by atoms with van der Waals surface area (Å²) in [6, 6.07) is 4.42. The Morgan fingerprint density at radius 3 is 2.80 bits per heavy atom. The molecular weight excluding hydrogens is 666 g/mol. The second-order valence-electron chi connectivity index (χ2n) is 9.83. The molecule has 1 aromatic carbocycles. The van der Waals surface area contributed by atoms with Crippen LogP contribution in [-0.4, -0.2) is 82.6 Å². The molecule has 7 rings (SSSR count). The second kappa shape index (κ2) is 11.2. The number of anilines is 1. The van der Waals surface area contributed by atoms with Crippen LogP contribution in [0.3, 0.4) is 0 Å². The number of nitrogens with two attached hydrogens (primary N) is 2. The van der Waals surface area contributed by atoms with Gasteiger partial charge in [0.15, 0.2) is 35.8 Å². The van der Waals surface area contributed by atoms with Crippen molar-refractivity contribution in [3.8, 4) is 0 Å². The van der Waals surface area contributed by atoms with E-state index in [0.29, 0.717) is 6.26 Å². The minimum absolute atomic E-state index is 0.0370. The molecule has 0 spiro atoms. The molecule has 23 heteroatoms. The van der Waals surface area contributed by atoms with Crippen LogP contribution in [0.1, 0.15) is 22.8 Å². The smallest absolute Gasteiger partial charge is 0.463 e. The molecule has 3 aromatic heterocycles. The summed E-state index contributed by atoms with van der Waals surface area (Å²) < 4.78 is 79.8. The van der Waals surface area contributed by atoms with E-state index in [1.54, 1.807) is 0 Å². The van der Waals surface area contributed by atoms with E-state index in [1.807, 2.05) is 0 Å². The summed E-state index contributed by atoms with van der Waals surface area (Å²) in [7, 11) is -3.12. The predicted octanol–water partition coefficient (Wildman–Crippen LogP) is 1.59. The zero-order valence-corrected chi connectivity index (χ0v) is 24.9. The summed E-state index contributed by atoms with van der Waals surface area (Å²) >= 11 is 5.08. The Bertz CT molecular complexity index is 1930. The Kier molecular flexibility index (Phi) is 7.45. The fourth-order valence-corrected chi connectivity index (χ4v) is 7.12. The number of hydrogen-bond acceptors (Lipinski definition) is 15. The number of rotatable bonds is 3. The van der Waals surface area contributed by atoms with Crippen molar-refractivity contribution < 1.29 is 50.6 Å². The number of aromatic nitrogens is 7. The molecule has 5 N–H and O–H groups in total. The van der Waals surface area contributed by atoms with E-state index in [4.69, 9.17) is 50.8 Å². The molecule has 3 aliphatic rings. The third-order valence-corrected chi connectivity index (χ3v) is 9.32. The molecule has 0 saturated carbocycles. The standard InChI is InChI=1S/C22H19F2N9O9P2S/c23-12-10-5-38-44(36,45)42-16-11(40-21(13(16)24)32-7-29-15-18(25)27-6-28-20(15)32)4-37-43(35)41-17(12)22(39-10)33-9-3-1-2-8(19(26)34)14(9)30-31-33/h1-3,5-7,11-13,16-17,21-22H,4H2,(H4-,25,26,27,28,34,36,45)/p+1/b10-5+/t11?,12-,13-,16-,17-,21-,22-,44?/m1/s1. The summed E-state index contributed by atoms with van der Waals surface area (Å²) in [4.78, 5) is 34.7. The summed E-state index contributed by atoms with van der Waals surface area (Å²) in [5.41, 5.74) is 11.9. The number of fused-ring (bicyclic) bond motifs is 5. The van der Waals surface area contributed by atoms with Crippen LogP contribution < -0.4 is 11.5 Å². The third-order valence-electron chi connectivity index (χ3n) is 7.14. The maximum atomic E-state index is 15.9. The highest BCUT2D eigenvalue weighted by Gasteiger charge is 2.54. The highest BCUT2D eigenvalue weighted by atomic mass is 32.5. The zero-order chi connectivity index (χ0) is 31.6. The molecule has 236 valence electrons. The van der Waals surface area contributed by atoms with Crippen LogP contribution >= 0.6 is 15.0 Å². The number of nitrogen functional groups attached to an aromatic ring is 1. The van der Waals surface area contributed by atoms with Gasteiger partial charge < -0.3 is 30.4 Å². The van der Waals surface area contributed by atoms with Gasteiger partial charge in [0.05, 0.1) is 17.4 Å². The lowest BCUT2D eigenvalue weighted by Crippen LogP contribution is -2.33. The van der Waals surface area contributed by atoms with Gasteiger partial charge in [-0.05, 0) is 12.1 Å². The van der Waals surface area contributed by atoms with Crippen molar-refractivity contribution in [2.75, 3.05) is 12.3 Å². The number of hydrogen-bond donors (Lipinski definition) is 3. The van der Waals surface area contributed by atoms with E-state index < -0.39 is 76.4 Å². The van der Waals surface area contributed by atoms with Gasteiger partial charge in [-0.3, -0.25) is 13.9 Å². The maximum absolute atomic E-state index is 15.9. The molecule has 2 saturated heterocycles. The minimum atomic E-state index is -4.37. The summed E-state index contributed by atoms with van der Waals surface area (Å²) in [5, 5.41) is 7.89. The van der Waals surface area contributed by atoms with E-state index in [2.05, 4.69) is 25.3 Å². The highest BCUT2D eigenvalue weighted by Crippen LogP contribution is 2.52. The largest absolute Gasteiger partial charge is 0.698 e. The lowest BCUT2D eigenvalue weighted by molar-refractivity contribution is -0.0452. The molecule has 0 radical (unpaired) electrons. The predicted molar refractivity (Wildman–Crippen MR) is 149 cm³/mol. The SMILES string of the molecule is NC(=O)c1cccc2c1nnn2[C@@H]1O/C2=C/OP(O)(=S)O[C@@H]3C(CO[P+](=O)O[C@@H]1[C@@H]2F)O[C@@H](n1cnc2c(N)ncnc21)[C@@H]3F. The average molecular weight is 686 g/mol. The molecule has 18 nitrogen and oxygen atoms in total. The topological polar surface area (TPSA) is 236 Å². The fourth-order valence-electron chi connectivity index (χ4n) is 5.11. The van der Waals surface area contributed by atoms with Gasteiger partial charge >= 0.3 is 15.0 Å². The summed E-state index contributed by atoms with van der Waals surface area (Å²) in [6.45, 7) is -4.99. The average Bonchev–Trinajstić information content (AvgIpc) is 3.76. The van der Waals surface area contributed by atoms with Crippen molar-refractivity contribution in [2.24, 2.45) is 5.73 Å². The van der Waals surface area contributed by atoms with Crippen molar-refractivity contribution in [3.05, 3.63) is 48.4 Å². The van der Waals surface area contributed by atoms with E-state index in [9.17, 15) is 14.3 Å². The van der Waals surface area contributed by atoms with Gasteiger partial charge in [-0.25, -0.2) is 28.4 Å². The van der Waals surface area contributed by atoms with Crippen molar-refractivity contribution in [1.29, 1.82) is 0 Å². The van der Waals surface area contributed by atoms with Gasteiger partial charge in [0.1, 0.15) is 42.4 Å². The van der Waals surface area contributed by atoms with Crippen LogP contribution in [0.25, 0.3) is 22.2 Å². The summed E-state index contributed by atoms with van der Waals surface area (Å²) in [6.07, 6.45) is -8.72. The summed E-state index contributed by atoms with van der Waals surface area (Å²) in [5.74, 6) is -1.30. The first-order chi connectivity index (χ1) is 21.5. The monoisotopic (exact) mass is 686 g/mol. The first-order valence-corrected chi connectivity index (χ1v) is 16.5. The number of carbonyl (C=O) groups is 1. The van der Waals surface area contributed by atoms with Crippen LogP contribution in [0.4, 0.5) is 14.6 Å². The van der Waals surface area contributed by atoms with Gasteiger partial charge in [-0.15, -0.1) is 14.1 Å². The highest BCUT2D eigenvalue weighted by molar-refractivity contribution is 8.07. The number of amides is 1. The molecule has 45 heavy (non-hydrogen) atoms. The van der Waals surface area contributed by atoms with Crippen LogP contribution in [0.15, 0.2) is 42.9 Å². The molecule has 0 aliphatic carbocycles. The Hall–Kier alpha value is -3.81. The molecule has 4 aromatic rings. The van der Waals surface area contributed by atoms with Crippen LogP contribution in [-0.2, 0) is 43.9 Å². The van der Waals surface area contributed by atoms with Gasteiger partial charge in [0, 0.05) is 16.4 Å². The fraction of sp³-hybridized carbons (Fsp3) is 0.364. The number of carbonyl (C=O) groups excluding carboxylic acids is 1. The second-order valence-corrected chi connectivity index (χ2v) is 13.5. The Morgan fingerprint density at radius 1 is 1.18 bits per heavy atom. The zero-order valence-electron chi connectivity index (χ0n) is 22.3. The molecule has 9 atom stereocenters. The number of imidazole rings is 1. The number of benzene rings is 1. The minimum Gasteiger partial charge on any atom is -0.463 e. The van der Waals surface area contributed by atoms with E-state index in [1.165, 1.54) is 29.1 Å². The number of alkyl halides is 2. The van der Waals surface area contributed by atoms with E-state index in [0.717, 1.165) is 11.0 Å². The third kappa shape index (κ3) is 5.20. The van der Waals surface area contributed by atoms with Crippen molar-refractivity contribution in [2.45, 2.75) is 43.1 Å². The molecule has 6 heterocycles. The number of primary amides is 1. The lowest BCUT2D eigenvalue weighted by atomic mass is 10.1. The van der Waals surface area contributed by atoms with Crippen LogP contribution in [0.5, 0.6) is 0 Å². The molecule has 3 aliphatic heterocycles. The lowest BCUT2D eigenvalue weighted by Gasteiger charge is -2.23. The van der Waals surface area contributed by atoms with Gasteiger partial charge in [-0.2, -0.15) is 0 Å². The van der Waals surface area contributed by atoms with Gasteiger partial charge in [-0.1, -0.05) is 11.3 Å². The Morgan fingerprint density at radius 2 is 2.00 bits per heavy atom. The maximum Gasteiger partial charge on any atom is 0.698 e. The van der Waals surface area contributed by atoms with E-state index >= 15 is 8.78 Å². The first-order valence-electron chi connectivity index (χ1n) is 12.9. The van der Waals surface area contributed by atoms with Crippen LogP contribution in [0, 0.1) is 0 Å². The quantitative estimate of drug-likeness (QED) is 0.259. The van der Waals surface area contributed by atoms with Crippen molar-refractivity contribution in [3.63, 3.8) is 0 Å². The van der Waals surface area contributed by atoms with Crippen molar-refractivity contribution >= 4 is 60.7 Å². The Labute approximate surface area is 255 Å². The molecule has 1 amide bonds. The normalized spacial score (nSPS) is 34.2. The number of nitrogens with zero attached hydrogens (tertiary/aromatic N) is 7. The van der Waals surface area contributed by atoms with Crippen molar-refractivity contribution in [1.82, 2.24) is 34.5 Å². The van der Waals surface area contributed by atoms with Gasteiger partial charge in [0.25, 0.3) is 5.91 Å². The van der Waals surface area contributed by atoms with Crippen LogP contribution in [0.2, 0.25) is 0 Å². The van der Waals surface area contributed by atoms with E-state index in [-0.39, 0.29) is 33.6 Å². The van der Waals surface area contributed by atoms with Gasteiger partial charge in [0.2, 0.25) is 12.3 Å². The molecule has 2 fully saturated rings. The molecule has 3 unspecified atom stereocenters.